The molecule has 15 heavy (non-hydrogen) atoms. The number of carbonyl (C=O) groups excluding carboxylic acids is 1. The fraction of sp³-hybridized carbons (Fsp3) is 0.500. The summed E-state index contributed by atoms with van der Waals surface area (Å²) in [6, 6.07) is 0. The summed E-state index contributed by atoms with van der Waals surface area (Å²) in [6.45, 7) is 5.81. The van der Waals surface area contributed by atoms with E-state index in [1.54, 1.807) is 4.90 Å². The minimum atomic E-state index is -0.0708. The fourth-order valence-electron chi connectivity index (χ4n) is 1.72. The third kappa shape index (κ3) is 2.09. The maximum atomic E-state index is 11.8. The van der Waals surface area contributed by atoms with Gasteiger partial charge in [-0.1, -0.05) is 25.4 Å². The third-order valence-corrected chi connectivity index (χ3v) is 2.56. The van der Waals surface area contributed by atoms with Crippen LogP contribution >= 0.6 is 11.6 Å². The Labute approximate surface area is 93.3 Å². The molecule has 1 aliphatic heterocycles. The molecule has 0 aromatic carbocycles. The number of nitrogens with zero attached hydrogens (tertiary/aromatic N) is 3. The molecule has 0 atom stereocenters. The van der Waals surface area contributed by atoms with Crippen LogP contribution in [0.4, 0.5) is 0 Å². The number of amides is 1. The van der Waals surface area contributed by atoms with Crippen molar-refractivity contribution in [3.8, 4) is 0 Å². The van der Waals surface area contributed by atoms with E-state index in [1.807, 2.05) is 0 Å². The van der Waals surface area contributed by atoms with E-state index in [0.29, 0.717) is 10.8 Å². The van der Waals surface area contributed by atoms with Crippen LogP contribution in [-0.2, 0) is 0 Å². The van der Waals surface area contributed by atoms with Gasteiger partial charge in [0.15, 0.2) is 0 Å². The van der Waals surface area contributed by atoms with Gasteiger partial charge in [-0.25, -0.2) is 9.97 Å². The van der Waals surface area contributed by atoms with E-state index in [1.165, 1.54) is 12.4 Å². The number of carbonyl (C=O) groups is 1. The van der Waals surface area contributed by atoms with Crippen LogP contribution < -0.4 is 0 Å². The number of halogens is 1. The lowest BCUT2D eigenvalue weighted by Crippen LogP contribution is -2.55. The zero-order valence-electron chi connectivity index (χ0n) is 8.70. The summed E-state index contributed by atoms with van der Waals surface area (Å²) in [6.07, 6.45) is 2.80. The van der Waals surface area contributed by atoms with E-state index in [9.17, 15) is 4.79 Å². The molecule has 0 bridgehead atoms. The summed E-state index contributed by atoms with van der Waals surface area (Å²) < 4.78 is 0. The molecule has 4 nitrogen and oxygen atoms in total. The Kier molecular flexibility index (Phi) is 2.38. The molecular weight excluding hydrogens is 214 g/mol. The number of hydrogen-bond acceptors (Lipinski definition) is 3. The highest BCUT2D eigenvalue weighted by molar-refractivity contribution is 6.29. The molecule has 0 saturated carbocycles. The van der Waals surface area contributed by atoms with Crippen molar-refractivity contribution < 1.29 is 4.79 Å². The molecule has 1 amide bonds. The van der Waals surface area contributed by atoms with Crippen molar-refractivity contribution in [2.24, 2.45) is 5.41 Å². The summed E-state index contributed by atoms with van der Waals surface area (Å²) in [4.78, 5) is 21.3. The zero-order valence-corrected chi connectivity index (χ0v) is 9.45. The second-order valence-electron chi connectivity index (χ2n) is 4.55. The van der Waals surface area contributed by atoms with Gasteiger partial charge >= 0.3 is 0 Å². The van der Waals surface area contributed by atoms with Gasteiger partial charge in [0, 0.05) is 13.1 Å². The average molecular weight is 226 g/mol. The van der Waals surface area contributed by atoms with Gasteiger partial charge in [0.1, 0.15) is 10.8 Å². The van der Waals surface area contributed by atoms with Crippen molar-refractivity contribution in [3.05, 3.63) is 23.2 Å². The Morgan fingerprint density at radius 2 is 2.07 bits per heavy atom. The number of likely N-dealkylation sites (tertiary alicyclic amines) is 1. The predicted octanol–water partition coefficient (Wildman–Crippen LogP) is 1.61. The molecule has 1 aliphatic rings. The van der Waals surface area contributed by atoms with Crippen molar-refractivity contribution in [1.29, 1.82) is 0 Å². The molecule has 1 fully saturated rings. The largest absolute Gasteiger partial charge is 0.336 e. The molecule has 2 heterocycles. The summed E-state index contributed by atoms with van der Waals surface area (Å²) in [5, 5.41) is 0.301. The van der Waals surface area contributed by atoms with E-state index in [0.717, 1.165) is 13.1 Å². The zero-order chi connectivity index (χ0) is 11.1. The molecule has 0 N–H and O–H groups in total. The van der Waals surface area contributed by atoms with Crippen LogP contribution in [0, 0.1) is 5.41 Å². The van der Waals surface area contributed by atoms with Crippen molar-refractivity contribution in [2.75, 3.05) is 13.1 Å². The molecule has 0 spiro atoms. The molecule has 80 valence electrons. The molecule has 1 aromatic rings. The van der Waals surface area contributed by atoms with E-state index in [4.69, 9.17) is 11.6 Å². The second kappa shape index (κ2) is 3.45. The number of aromatic nitrogens is 2. The Hall–Kier alpha value is -1.16. The monoisotopic (exact) mass is 225 g/mol. The average Bonchev–Trinajstić information content (AvgIpc) is 2.14. The van der Waals surface area contributed by atoms with Crippen LogP contribution in [0.1, 0.15) is 24.3 Å². The molecule has 1 saturated heterocycles. The predicted molar refractivity (Wildman–Crippen MR) is 56.7 cm³/mol. The standard InChI is InChI=1S/C10H12ClN3O/c1-10(2)5-14(6-10)9(15)7-3-13-8(11)4-12-7/h3-4H,5-6H2,1-2H3. The van der Waals surface area contributed by atoms with Crippen molar-refractivity contribution in [3.63, 3.8) is 0 Å². The highest BCUT2D eigenvalue weighted by Gasteiger charge is 2.37. The van der Waals surface area contributed by atoms with Crippen LogP contribution in [0.3, 0.4) is 0 Å². The fourth-order valence-corrected chi connectivity index (χ4v) is 1.81. The molecule has 1 aromatic heterocycles. The second-order valence-corrected chi connectivity index (χ2v) is 4.94. The van der Waals surface area contributed by atoms with Gasteiger partial charge in [-0.05, 0) is 5.41 Å². The van der Waals surface area contributed by atoms with Gasteiger partial charge < -0.3 is 4.90 Å². The number of hydrogen-bond donors (Lipinski definition) is 0. The molecule has 5 heteroatoms. The lowest BCUT2D eigenvalue weighted by molar-refractivity contribution is 0.0230. The first kappa shape index (κ1) is 10.4. The van der Waals surface area contributed by atoms with Gasteiger partial charge in [-0.2, -0.15) is 0 Å². The van der Waals surface area contributed by atoms with Crippen molar-refractivity contribution in [1.82, 2.24) is 14.9 Å². The molecule has 0 unspecified atom stereocenters. The van der Waals surface area contributed by atoms with Gasteiger partial charge in [-0.15, -0.1) is 0 Å². The van der Waals surface area contributed by atoms with Gasteiger partial charge in [0.2, 0.25) is 0 Å². The minimum absolute atomic E-state index is 0.0708. The first-order chi connectivity index (χ1) is 6.98. The first-order valence-corrected chi connectivity index (χ1v) is 5.13. The summed E-state index contributed by atoms with van der Waals surface area (Å²) >= 11 is 5.59. The van der Waals surface area contributed by atoms with Crippen LogP contribution in [0.15, 0.2) is 12.4 Å². The lowest BCUT2D eigenvalue weighted by Gasteiger charge is -2.45. The smallest absolute Gasteiger partial charge is 0.274 e. The maximum Gasteiger partial charge on any atom is 0.274 e. The van der Waals surface area contributed by atoms with E-state index >= 15 is 0 Å². The van der Waals surface area contributed by atoms with Crippen LogP contribution in [0.25, 0.3) is 0 Å². The van der Waals surface area contributed by atoms with Gasteiger partial charge in [0.05, 0.1) is 12.4 Å². The van der Waals surface area contributed by atoms with E-state index in [-0.39, 0.29) is 11.3 Å². The topological polar surface area (TPSA) is 46.1 Å². The highest BCUT2D eigenvalue weighted by atomic mass is 35.5. The minimum Gasteiger partial charge on any atom is -0.336 e. The van der Waals surface area contributed by atoms with Crippen LogP contribution in [-0.4, -0.2) is 33.9 Å². The van der Waals surface area contributed by atoms with Gasteiger partial charge in [-0.3, -0.25) is 4.79 Å². The first-order valence-electron chi connectivity index (χ1n) is 4.75. The Morgan fingerprint density at radius 3 is 2.53 bits per heavy atom. The normalized spacial score (nSPS) is 18.5. The van der Waals surface area contributed by atoms with Crippen molar-refractivity contribution in [2.45, 2.75) is 13.8 Å². The third-order valence-electron chi connectivity index (χ3n) is 2.36. The lowest BCUT2D eigenvalue weighted by atomic mass is 9.84. The number of rotatable bonds is 1. The SMILES string of the molecule is CC1(C)CN(C(=O)c2cnc(Cl)cn2)C1. The Bertz CT molecular complexity index is 380. The Morgan fingerprint density at radius 1 is 1.40 bits per heavy atom. The molecular formula is C10H12ClN3O. The van der Waals surface area contributed by atoms with E-state index < -0.39 is 0 Å². The summed E-state index contributed by atoms with van der Waals surface area (Å²) in [5.74, 6) is -0.0708. The molecule has 2 rings (SSSR count). The van der Waals surface area contributed by atoms with E-state index in [2.05, 4.69) is 23.8 Å². The van der Waals surface area contributed by atoms with Gasteiger partial charge in [0.25, 0.3) is 5.91 Å². The summed E-state index contributed by atoms with van der Waals surface area (Å²) in [7, 11) is 0. The molecule has 0 aliphatic carbocycles. The van der Waals surface area contributed by atoms with Crippen molar-refractivity contribution >= 4 is 17.5 Å². The quantitative estimate of drug-likeness (QED) is 0.730. The summed E-state index contributed by atoms with van der Waals surface area (Å²) in [5.41, 5.74) is 0.588. The molecule has 0 radical (unpaired) electrons. The van der Waals surface area contributed by atoms with Crippen LogP contribution in [0.2, 0.25) is 5.15 Å². The van der Waals surface area contributed by atoms with Crippen LogP contribution in [0.5, 0.6) is 0 Å². The maximum absolute atomic E-state index is 11.8. The highest BCUT2D eigenvalue weighted by Crippen LogP contribution is 2.29. The Balaban J connectivity index is 2.07.